The molecule has 4 heteroatoms. The Balaban J connectivity index is 3.41. The van der Waals surface area contributed by atoms with Crippen molar-refractivity contribution in [3.63, 3.8) is 0 Å². The summed E-state index contributed by atoms with van der Waals surface area (Å²) in [5.41, 5.74) is 0.812. The Morgan fingerprint density at radius 3 is 2.46 bits per heavy atom. The molecule has 0 heterocycles. The number of benzene rings is 1. The summed E-state index contributed by atoms with van der Waals surface area (Å²) in [5.74, 6) is 0. The van der Waals surface area contributed by atoms with Crippen molar-refractivity contribution in [1.82, 2.24) is 0 Å². The zero-order chi connectivity index (χ0) is 10.1. The van der Waals surface area contributed by atoms with Gasteiger partial charge in [-0.05, 0) is 24.1 Å². The first-order valence-corrected chi connectivity index (χ1v) is 6.20. The normalized spacial score (nSPS) is 11.6. The van der Waals surface area contributed by atoms with Crippen molar-refractivity contribution >= 4 is 21.4 Å². The first-order valence-electron chi connectivity index (χ1n) is 3.93. The van der Waals surface area contributed by atoms with Crippen molar-refractivity contribution in [1.29, 1.82) is 0 Å². The molecule has 0 saturated heterocycles. The molecule has 1 rings (SSSR count). The Labute approximate surface area is 83.5 Å². The Kier molecular flexibility index (Phi) is 2.98. The maximum absolute atomic E-state index is 11.3. The number of hydrogen-bond donors (Lipinski definition) is 0. The summed E-state index contributed by atoms with van der Waals surface area (Å²) in [5, 5.41) is 0.456. The molecule has 72 valence electrons. The van der Waals surface area contributed by atoms with E-state index >= 15 is 0 Å². The van der Waals surface area contributed by atoms with Gasteiger partial charge in [-0.15, -0.1) is 0 Å². The molecule has 0 bridgehead atoms. The summed E-state index contributed by atoms with van der Waals surface area (Å²) < 4.78 is 22.6. The minimum Gasteiger partial charge on any atom is -0.224 e. The van der Waals surface area contributed by atoms with E-state index in [1.807, 2.05) is 6.92 Å². The molecular weight excluding hydrogens is 208 g/mol. The highest BCUT2D eigenvalue weighted by atomic mass is 35.5. The van der Waals surface area contributed by atoms with E-state index in [9.17, 15) is 8.42 Å². The van der Waals surface area contributed by atoms with Crippen LogP contribution in [-0.4, -0.2) is 14.7 Å². The van der Waals surface area contributed by atoms with Gasteiger partial charge in [-0.2, -0.15) is 0 Å². The van der Waals surface area contributed by atoms with Crippen molar-refractivity contribution in [3.05, 3.63) is 28.8 Å². The molecule has 0 N–H and O–H groups in total. The van der Waals surface area contributed by atoms with Gasteiger partial charge < -0.3 is 0 Å². The average Bonchev–Trinajstić information content (AvgIpc) is 2.03. The smallest absolute Gasteiger partial charge is 0.175 e. The second-order valence-corrected chi connectivity index (χ2v) is 5.30. The second kappa shape index (κ2) is 3.68. The molecule has 0 radical (unpaired) electrons. The van der Waals surface area contributed by atoms with Crippen LogP contribution in [0.25, 0.3) is 0 Å². The van der Waals surface area contributed by atoms with Crippen LogP contribution in [0.15, 0.2) is 23.1 Å². The first kappa shape index (κ1) is 10.5. The largest absolute Gasteiger partial charge is 0.224 e. The summed E-state index contributed by atoms with van der Waals surface area (Å²) in [6.07, 6.45) is 1.89. The average molecular weight is 219 g/mol. The minimum atomic E-state index is -3.15. The van der Waals surface area contributed by atoms with Gasteiger partial charge in [0.05, 0.1) is 4.90 Å². The van der Waals surface area contributed by atoms with Gasteiger partial charge in [-0.3, -0.25) is 0 Å². The SMILES string of the molecule is CCc1ccc(Cl)cc1S(C)(=O)=O. The van der Waals surface area contributed by atoms with Crippen molar-refractivity contribution in [3.8, 4) is 0 Å². The van der Waals surface area contributed by atoms with E-state index in [-0.39, 0.29) is 0 Å². The lowest BCUT2D eigenvalue weighted by atomic mass is 10.2. The summed E-state index contributed by atoms with van der Waals surface area (Å²) in [7, 11) is -3.15. The molecule has 1 aromatic carbocycles. The molecule has 2 nitrogen and oxygen atoms in total. The standard InChI is InChI=1S/C9H11ClO2S/c1-3-7-4-5-8(10)6-9(7)13(2,11)12/h4-6H,3H2,1-2H3. The third-order valence-corrected chi connectivity index (χ3v) is 3.22. The summed E-state index contributed by atoms with van der Waals surface area (Å²) in [4.78, 5) is 0.336. The molecule has 0 aliphatic carbocycles. The topological polar surface area (TPSA) is 34.1 Å². The van der Waals surface area contributed by atoms with Crippen LogP contribution in [-0.2, 0) is 16.3 Å². The Hall–Kier alpha value is -0.540. The summed E-state index contributed by atoms with van der Waals surface area (Å²) >= 11 is 5.72. The fourth-order valence-electron chi connectivity index (χ4n) is 1.17. The van der Waals surface area contributed by atoms with Gasteiger partial charge >= 0.3 is 0 Å². The lowest BCUT2D eigenvalue weighted by Gasteiger charge is -2.05. The van der Waals surface area contributed by atoms with Gasteiger partial charge in [0, 0.05) is 11.3 Å². The molecule has 0 fully saturated rings. The molecule has 0 spiro atoms. The molecule has 0 aromatic heterocycles. The zero-order valence-electron chi connectivity index (χ0n) is 7.54. The molecule has 1 aromatic rings. The van der Waals surface area contributed by atoms with Crippen LogP contribution >= 0.6 is 11.6 Å². The van der Waals surface area contributed by atoms with E-state index in [1.54, 1.807) is 12.1 Å². The number of hydrogen-bond acceptors (Lipinski definition) is 2. The van der Waals surface area contributed by atoms with Gasteiger partial charge in [0.15, 0.2) is 9.84 Å². The van der Waals surface area contributed by atoms with Crippen LogP contribution in [0, 0.1) is 0 Å². The predicted octanol–water partition coefficient (Wildman–Crippen LogP) is 2.31. The van der Waals surface area contributed by atoms with Gasteiger partial charge in [0.25, 0.3) is 0 Å². The maximum atomic E-state index is 11.3. The van der Waals surface area contributed by atoms with Crippen LogP contribution in [0.5, 0.6) is 0 Å². The summed E-state index contributed by atoms with van der Waals surface area (Å²) in [6, 6.07) is 4.95. The maximum Gasteiger partial charge on any atom is 0.175 e. The molecule has 0 atom stereocenters. The van der Waals surface area contributed by atoms with Crippen LogP contribution < -0.4 is 0 Å². The molecule has 0 unspecified atom stereocenters. The second-order valence-electron chi connectivity index (χ2n) is 2.88. The van der Waals surface area contributed by atoms with Gasteiger partial charge in [0.2, 0.25) is 0 Å². The number of aryl methyl sites for hydroxylation is 1. The van der Waals surface area contributed by atoms with E-state index in [0.29, 0.717) is 16.3 Å². The van der Waals surface area contributed by atoms with E-state index < -0.39 is 9.84 Å². The molecule has 13 heavy (non-hydrogen) atoms. The Morgan fingerprint density at radius 2 is 2.00 bits per heavy atom. The fraction of sp³-hybridized carbons (Fsp3) is 0.333. The van der Waals surface area contributed by atoms with Crippen molar-refractivity contribution in [2.24, 2.45) is 0 Å². The zero-order valence-corrected chi connectivity index (χ0v) is 9.11. The van der Waals surface area contributed by atoms with Crippen LogP contribution in [0.1, 0.15) is 12.5 Å². The highest BCUT2D eigenvalue weighted by Gasteiger charge is 2.12. The monoisotopic (exact) mass is 218 g/mol. The minimum absolute atomic E-state index is 0.336. The number of halogens is 1. The first-order chi connectivity index (χ1) is 5.95. The lowest BCUT2D eigenvalue weighted by Crippen LogP contribution is -2.01. The molecule has 0 aliphatic heterocycles. The van der Waals surface area contributed by atoms with E-state index in [4.69, 9.17) is 11.6 Å². The lowest BCUT2D eigenvalue weighted by molar-refractivity contribution is 0.601. The highest BCUT2D eigenvalue weighted by molar-refractivity contribution is 7.90. The van der Waals surface area contributed by atoms with Crippen molar-refractivity contribution in [2.45, 2.75) is 18.2 Å². The van der Waals surface area contributed by atoms with Crippen molar-refractivity contribution < 1.29 is 8.42 Å². The van der Waals surface area contributed by atoms with E-state index in [0.717, 1.165) is 5.56 Å². The molecule has 0 aliphatic rings. The summed E-state index contributed by atoms with van der Waals surface area (Å²) in [6.45, 7) is 1.91. The van der Waals surface area contributed by atoms with Gasteiger partial charge in [0.1, 0.15) is 0 Å². The van der Waals surface area contributed by atoms with E-state index in [2.05, 4.69) is 0 Å². The van der Waals surface area contributed by atoms with Crippen LogP contribution in [0.3, 0.4) is 0 Å². The molecule has 0 saturated carbocycles. The molecular formula is C9H11ClO2S. The third-order valence-electron chi connectivity index (χ3n) is 1.81. The Bertz CT molecular complexity index is 410. The fourth-order valence-corrected chi connectivity index (χ4v) is 2.43. The number of rotatable bonds is 2. The van der Waals surface area contributed by atoms with Gasteiger partial charge in [-0.25, -0.2) is 8.42 Å². The number of sulfone groups is 1. The predicted molar refractivity (Wildman–Crippen MR) is 53.9 cm³/mol. The van der Waals surface area contributed by atoms with Crippen LogP contribution in [0.2, 0.25) is 5.02 Å². The highest BCUT2D eigenvalue weighted by Crippen LogP contribution is 2.20. The quantitative estimate of drug-likeness (QED) is 0.764. The van der Waals surface area contributed by atoms with E-state index in [1.165, 1.54) is 12.3 Å². The molecule has 0 amide bonds. The van der Waals surface area contributed by atoms with Crippen LogP contribution in [0.4, 0.5) is 0 Å². The third kappa shape index (κ3) is 2.45. The Morgan fingerprint density at radius 1 is 1.38 bits per heavy atom. The van der Waals surface area contributed by atoms with Gasteiger partial charge in [-0.1, -0.05) is 24.6 Å². The van der Waals surface area contributed by atoms with Crippen molar-refractivity contribution in [2.75, 3.05) is 6.26 Å².